The molecular formula is C14H19N5O. The monoisotopic (exact) mass is 273 g/mol. The molecule has 0 amide bonds. The highest BCUT2D eigenvalue weighted by Gasteiger charge is 2.23. The molecule has 0 saturated carbocycles. The Bertz CT molecular complexity index is 546. The van der Waals surface area contributed by atoms with Crippen LogP contribution in [0.1, 0.15) is 19.5 Å². The van der Waals surface area contributed by atoms with Crippen LogP contribution in [0.25, 0.3) is 0 Å². The van der Waals surface area contributed by atoms with Crippen LogP contribution in [-0.4, -0.2) is 45.3 Å². The summed E-state index contributed by atoms with van der Waals surface area (Å²) < 4.78 is 7.54. The molecule has 0 unspecified atom stereocenters. The Morgan fingerprint density at radius 3 is 2.75 bits per heavy atom. The summed E-state index contributed by atoms with van der Waals surface area (Å²) in [6.45, 7) is 6.60. The van der Waals surface area contributed by atoms with E-state index in [1.165, 1.54) is 0 Å². The van der Waals surface area contributed by atoms with Crippen LogP contribution in [0.15, 0.2) is 30.6 Å². The van der Waals surface area contributed by atoms with Crippen molar-refractivity contribution in [3.05, 3.63) is 36.3 Å². The third-order valence-corrected chi connectivity index (χ3v) is 3.33. The molecule has 3 heterocycles. The number of aromatic nitrogens is 4. The van der Waals surface area contributed by atoms with Crippen molar-refractivity contribution in [3.63, 3.8) is 0 Å². The van der Waals surface area contributed by atoms with Crippen LogP contribution in [0.4, 0.5) is 5.82 Å². The number of hydrogen-bond donors (Lipinski definition) is 0. The average molecular weight is 273 g/mol. The number of hydrogen-bond acceptors (Lipinski definition) is 5. The van der Waals surface area contributed by atoms with Crippen molar-refractivity contribution >= 4 is 5.82 Å². The lowest BCUT2D eigenvalue weighted by atomic mass is 10.2. The van der Waals surface area contributed by atoms with E-state index in [0.717, 1.165) is 24.6 Å². The Balaban J connectivity index is 1.76. The van der Waals surface area contributed by atoms with Crippen LogP contribution in [0, 0.1) is 0 Å². The topological polar surface area (TPSA) is 56.1 Å². The predicted molar refractivity (Wildman–Crippen MR) is 75.6 cm³/mol. The number of morpholine rings is 1. The van der Waals surface area contributed by atoms with Gasteiger partial charge in [0.2, 0.25) is 0 Å². The summed E-state index contributed by atoms with van der Waals surface area (Å²) in [5.41, 5.74) is 0.986. The maximum atomic E-state index is 5.76. The Morgan fingerprint density at radius 1 is 1.25 bits per heavy atom. The normalized spacial score (nSPS) is 23.0. The molecule has 0 aliphatic carbocycles. The number of ether oxygens (including phenoxy) is 1. The first kappa shape index (κ1) is 13.1. The van der Waals surface area contributed by atoms with Gasteiger partial charge in [0.15, 0.2) is 0 Å². The number of anilines is 1. The molecule has 6 nitrogen and oxygen atoms in total. The number of nitrogens with zero attached hydrogens (tertiary/aromatic N) is 5. The van der Waals surface area contributed by atoms with Gasteiger partial charge in [0.25, 0.3) is 0 Å². The van der Waals surface area contributed by atoms with E-state index >= 15 is 0 Å². The molecule has 0 spiro atoms. The molecule has 106 valence electrons. The zero-order chi connectivity index (χ0) is 13.9. The van der Waals surface area contributed by atoms with E-state index in [9.17, 15) is 0 Å². The molecule has 0 bridgehead atoms. The Labute approximate surface area is 118 Å². The highest BCUT2D eigenvalue weighted by atomic mass is 16.5. The predicted octanol–water partition coefficient (Wildman–Crippen LogP) is 1.33. The van der Waals surface area contributed by atoms with Gasteiger partial charge in [-0.1, -0.05) is 11.3 Å². The fourth-order valence-electron chi connectivity index (χ4n) is 2.58. The van der Waals surface area contributed by atoms with Gasteiger partial charge in [-0.2, -0.15) is 0 Å². The molecule has 2 aromatic heterocycles. The molecular weight excluding hydrogens is 254 g/mol. The molecule has 0 aromatic carbocycles. The maximum absolute atomic E-state index is 5.76. The highest BCUT2D eigenvalue weighted by Crippen LogP contribution is 2.18. The lowest BCUT2D eigenvalue weighted by Gasteiger charge is -2.36. The second-order valence-corrected chi connectivity index (χ2v) is 5.25. The molecule has 6 heteroatoms. The van der Waals surface area contributed by atoms with Crippen LogP contribution < -0.4 is 4.90 Å². The summed E-state index contributed by atoms with van der Waals surface area (Å²) in [5, 5.41) is 7.78. The van der Waals surface area contributed by atoms with Crippen LogP contribution >= 0.6 is 0 Å². The van der Waals surface area contributed by atoms with Gasteiger partial charge in [0, 0.05) is 19.3 Å². The molecule has 20 heavy (non-hydrogen) atoms. The van der Waals surface area contributed by atoms with Crippen molar-refractivity contribution in [1.82, 2.24) is 20.0 Å². The van der Waals surface area contributed by atoms with E-state index in [-0.39, 0.29) is 12.2 Å². The molecule has 0 N–H and O–H groups in total. The van der Waals surface area contributed by atoms with Crippen molar-refractivity contribution in [2.45, 2.75) is 32.6 Å². The number of rotatable bonds is 3. The van der Waals surface area contributed by atoms with Crippen molar-refractivity contribution in [2.75, 3.05) is 18.0 Å². The molecule has 2 atom stereocenters. The van der Waals surface area contributed by atoms with Gasteiger partial charge in [-0.3, -0.25) is 0 Å². The smallest absolute Gasteiger partial charge is 0.129 e. The first-order valence-electron chi connectivity index (χ1n) is 6.91. The zero-order valence-corrected chi connectivity index (χ0v) is 11.8. The standard InChI is InChI=1S/C14H19N5O/c1-11-8-18(9-12(2)20-11)14-5-3-4-13(16-14)10-19-7-6-15-17-19/h3-7,11-12H,8-10H2,1-2H3/t11-,12+. The van der Waals surface area contributed by atoms with Gasteiger partial charge >= 0.3 is 0 Å². The second kappa shape index (κ2) is 5.58. The lowest BCUT2D eigenvalue weighted by Crippen LogP contribution is -2.45. The Morgan fingerprint density at radius 2 is 2.05 bits per heavy atom. The Kier molecular flexibility index (Phi) is 3.64. The van der Waals surface area contributed by atoms with E-state index in [0.29, 0.717) is 6.54 Å². The van der Waals surface area contributed by atoms with Gasteiger partial charge in [0.1, 0.15) is 5.82 Å². The summed E-state index contributed by atoms with van der Waals surface area (Å²) in [4.78, 5) is 7.00. The summed E-state index contributed by atoms with van der Waals surface area (Å²) >= 11 is 0. The van der Waals surface area contributed by atoms with Crippen LogP contribution in [0.2, 0.25) is 0 Å². The SMILES string of the molecule is C[C@@H]1CN(c2cccc(Cn3ccnn3)n2)C[C@H](C)O1. The van der Waals surface area contributed by atoms with Crippen LogP contribution in [0.3, 0.4) is 0 Å². The van der Waals surface area contributed by atoms with Crippen LogP contribution in [-0.2, 0) is 11.3 Å². The molecule has 0 radical (unpaired) electrons. The summed E-state index contributed by atoms with van der Waals surface area (Å²) in [5.74, 6) is 1.00. The minimum atomic E-state index is 0.236. The fraction of sp³-hybridized carbons (Fsp3) is 0.500. The molecule has 1 saturated heterocycles. The minimum Gasteiger partial charge on any atom is -0.372 e. The van der Waals surface area contributed by atoms with Crippen molar-refractivity contribution in [1.29, 1.82) is 0 Å². The minimum absolute atomic E-state index is 0.236. The average Bonchev–Trinajstić information content (AvgIpc) is 2.91. The van der Waals surface area contributed by atoms with Crippen molar-refractivity contribution in [2.24, 2.45) is 0 Å². The zero-order valence-electron chi connectivity index (χ0n) is 11.8. The third kappa shape index (κ3) is 2.96. The highest BCUT2D eigenvalue weighted by molar-refractivity contribution is 5.40. The van der Waals surface area contributed by atoms with Gasteiger partial charge in [-0.25, -0.2) is 9.67 Å². The summed E-state index contributed by atoms with van der Waals surface area (Å²) in [7, 11) is 0. The largest absolute Gasteiger partial charge is 0.372 e. The van der Waals surface area contributed by atoms with Crippen molar-refractivity contribution < 1.29 is 4.74 Å². The van der Waals surface area contributed by atoms with E-state index in [4.69, 9.17) is 9.72 Å². The fourth-order valence-corrected chi connectivity index (χ4v) is 2.58. The quantitative estimate of drug-likeness (QED) is 0.844. The van der Waals surface area contributed by atoms with E-state index in [2.05, 4.69) is 35.1 Å². The molecule has 3 rings (SSSR count). The summed E-state index contributed by atoms with van der Waals surface area (Å²) in [6, 6.07) is 6.10. The second-order valence-electron chi connectivity index (χ2n) is 5.25. The van der Waals surface area contributed by atoms with Gasteiger partial charge in [-0.15, -0.1) is 5.10 Å². The van der Waals surface area contributed by atoms with Gasteiger partial charge in [-0.05, 0) is 26.0 Å². The maximum Gasteiger partial charge on any atom is 0.129 e. The first-order chi connectivity index (χ1) is 9.70. The van der Waals surface area contributed by atoms with Crippen molar-refractivity contribution in [3.8, 4) is 0 Å². The van der Waals surface area contributed by atoms with E-state index in [1.807, 2.05) is 18.3 Å². The first-order valence-corrected chi connectivity index (χ1v) is 6.91. The lowest BCUT2D eigenvalue weighted by molar-refractivity contribution is -0.00547. The molecule has 2 aromatic rings. The molecule has 1 aliphatic heterocycles. The summed E-state index contributed by atoms with van der Waals surface area (Å²) in [6.07, 6.45) is 3.99. The molecule has 1 fully saturated rings. The van der Waals surface area contributed by atoms with Gasteiger partial charge < -0.3 is 9.64 Å². The van der Waals surface area contributed by atoms with E-state index in [1.54, 1.807) is 10.9 Å². The van der Waals surface area contributed by atoms with E-state index < -0.39 is 0 Å². The van der Waals surface area contributed by atoms with Crippen LogP contribution in [0.5, 0.6) is 0 Å². The molecule has 1 aliphatic rings. The number of pyridine rings is 1. The van der Waals surface area contributed by atoms with Gasteiger partial charge in [0.05, 0.1) is 30.6 Å². The third-order valence-electron chi connectivity index (χ3n) is 3.33. The Hall–Kier alpha value is -1.95.